The predicted molar refractivity (Wildman–Crippen MR) is 120 cm³/mol. The maximum Gasteiger partial charge on any atom is 0.256 e. The molecule has 1 N–H and O–H groups in total. The van der Waals surface area contributed by atoms with Crippen LogP contribution in [0.1, 0.15) is 31.1 Å². The number of anilines is 1. The lowest BCUT2D eigenvalue weighted by Gasteiger charge is -2.20. The minimum absolute atomic E-state index is 0.114. The number of ether oxygens (including phenoxy) is 1. The molecule has 0 saturated carbocycles. The molecule has 3 aromatic carbocycles. The molecule has 6 nitrogen and oxygen atoms in total. The summed E-state index contributed by atoms with van der Waals surface area (Å²) in [5.74, 6) is 0.0923. The Bertz CT molecular complexity index is 1150. The van der Waals surface area contributed by atoms with E-state index in [1.54, 1.807) is 26.0 Å². The van der Waals surface area contributed by atoms with Crippen molar-refractivity contribution in [2.24, 2.45) is 0 Å². The van der Waals surface area contributed by atoms with Crippen molar-refractivity contribution in [3.8, 4) is 5.75 Å². The Hall–Kier alpha value is -2.90. The van der Waals surface area contributed by atoms with Gasteiger partial charge in [-0.15, -0.1) is 0 Å². The monoisotopic (exact) mass is 426 g/mol. The number of hydrogen-bond acceptors (Lipinski definition) is 4. The molecule has 0 atom stereocenters. The summed E-state index contributed by atoms with van der Waals surface area (Å²) in [7, 11) is -3.66. The Kier molecular flexibility index (Phi) is 6.74. The SMILES string of the molecule is CCOc1ccc(S(=O)(=O)N(CC)CC)cc1NC(=O)c1cccc2ccccc12. The normalized spacial score (nSPS) is 11.6. The van der Waals surface area contributed by atoms with Crippen molar-refractivity contribution in [1.82, 2.24) is 4.31 Å². The number of benzene rings is 3. The fraction of sp³-hybridized carbons (Fsp3) is 0.261. The van der Waals surface area contributed by atoms with Crippen molar-refractivity contribution < 1.29 is 17.9 Å². The van der Waals surface area contributed by atoms with E-state index in [9.17, 15) is 13.2 Å². The molecule has 0 aromatic heterocycles. The summed E-state index contributed by atoms with van der Waals surface area (Å²) < 4.78 is 32.8. The molecule has 0 spiro atoms. The number of amides is 1. The van der Waals surface area contributed by atoms with E-state index in [-0.39, 0.29) is 10.8 Å². The predicted octanol–water partition coefficient (Wildman–Crippen LogP) is 4.52. The van der Waals surface area contributed by atoms with Gasteiger partial charge in [-0.3, -0.25) is 4.79 Å². The molecule has 0 saturated heterocycles. The van der Waals surface area contributed by atoms with Crippen LogP contribution in [-0.4, -0.2) is 38.3 Å². The maximum absolute atomic E-state index is 13.1. The van der Waals surface area contributed by atoms with E-state index in [0.29, 0.717) is 36.7 Å². The first-order valence-corrected chi connectivity index (χ1v) is 11.4. The van der Waals surface area contributed by atoms with Gasteiger partial charge < -0.3 is 10.1 Å². The van der Waals surface area contributed by atoms with E-state index in [4.69, 9.17) is 4.74 Å². The summed E-state index contributed by atoms with van der Waals surface area (Å²) in [6, 6.07) is 17.7. The van der Waals surface area contributed by atoms with E-state index in [0.717, 1.165) is 10.8 Å². The van der Waals surface area contributed by atoms with Crippen LogP contribution >= 0.6 is 0 Å². The molecule has 0 heterocycles. The molecule has 158 valence electrons. The summed E-state index contributed by atoms with van der Waals surface area (Å²) in [5.41, 5.74) is 0.829. The molecule has 0 aliphatic rings. The van der Waals surface area contributed by atoms with Crippen molar-refractivity contribution in [3.05, 3.63) is 66.2 Å². The second-order valence-corrected chi connectivity index (χ2v) is 8.60. The summed E-state index contributed by atoms with van der Waals surface area (Å²) in [4.78, 5) is 13.2. The summed E-state index contributed by atoms with van der Waals surface area (Å²) in [6.45, 7) is 6.53. The van der Waals surface area contributed by atoms with Gasteiger partial charge in [0.2, 0.25) is 10.0 Å². The van der Waals surface area contributed by atoms with E-state index < -0.39 is 10.0 Å². The van der Waals surface area contributed by atoms with E-state index in [1.807, 2.05) is 43.3 Å². The number of hydrogen-bond donors (Lipinski definition) is 1. The zero-order valence-electron chi connectivity index (χ0n) is 17.4. The zero-order valence-corrected chi connectivity index (χ0v) is 18.2. The van der Waals surface area contributed by atoms with Crippen LogP contribution in [0.2, 0.25) is 0 Å². The average molecular weight is 427 g/mol. The van der Waals surface area contributed by atoms with Gasteiger partial charge >= 0.3 is 0 Å². The van der Waals surface area contributed by atoms with Crippen LogP contribution < -0.4 is 10.1 Å². The van der Waals surface area contributed by atoms with Gasteiger partial charge in [-0.1, -0.05) is 50.2 Å². The third-order valence-electron chi connectivity index (χ3n) is 4.88. The van der Waals surface area contributed by atoms with Gasteiger partial charge in [-0.25, -0.2) is 8.42 Å². The van der Waals surface area contributed by atoms with Crippen LogP contribution in [0, 0.1) is 0 Å². The molecule has 0 radical (unpaired) electrons. The highest BCUT2D eigenvalue weighted by molar-refractivity contribution is 7.89. The van der Waals surface area contributed by atoms with E-state index >= 15 is 0 Å². The third kappa shape index (κ3) is 4.32. The Morgan fingerprint density at radius 3 is 2.37 bits per heavy atom. The highest BCUT2D eigenvalue weighted by Gasteiger charge is 2.23. The second-order valence-electron chi connectivity index (χ2n) is 6.66. The van der Waals surface area contributed by atoms with Gasteiger partial charge in [0.1, 0.15) is 5.75 Å². The summed E-state index contributed by atoms with van der Waals surface area (Å²) in [6.07, 6.45) is 0. The van der Waals surface area contributed by atoms with Crippen LogP contribution in [0.4, 0.5) is 5.69 Å². The summed E-state index contributed by atoms with van der Waals surface area (Å²) in [5, 5.41) is 4.62. The van der Waals surface area contributed by atoms with Crippen molar-refractivity contribution in [3.63, 3.8) is 0 Å². The number of carbonyl (C=O) groups is 1. The topological polar surface area (TPSA) is 75.7 Å². The number of nitrogens with zero attached hydrogens (tertiary/aromatic N) is 1. The quantitative estimate of drug-likeness (QED) is 0.575. The largest absolute Gasteiger partial charge is 0.492 e. The molecule has 1 amide bonds. The maximum atomic E-state index is 13.1. The molecule has 30 heavy (non-hydrogen) atoms. The zero-order chi connectivity index (χ0) is 21.7. The van der Waals surface area contributed by atoms with Gasteiger partial charge in [-0.2, -0.15) is 4.31 Å². The number of rotatable bonds is 8. The molecule has 0 unspecified atom stereocenters. The smallest absolute Gasteiger partial charge is 0.256 e. The molecule has 0 bridgehead atoms. The minimum atomic E-state index is -3.66. The van der Waals surface area contributed by atoms with Crippen molar-refractivity contribution in [1.29, 1.82) is 0 Å². The summed E-state index contributed by atoms with van der Waals surface area (Å²) >= 11 is 0. The molecule has 3 rings (SSSR count). The molecule has 0 aliphatic heterocycles. The van der Waals surface area contributed by atoms with Crippen molar-refractivity contribution >= 4 is 32.4 Å². The van der Waals surface area contributed by atoms with Crippen LogP contribution in [0.15, 0.2) is 65.6 Å². The minimum Gasteiger partial charge on any atom is -0.492 e. The average Bonchev–Trinajstić information content (AvgIpc) is 2.75. The van der Waals surface area contributed by atoms with Crippen LogP contribution in [0.5, 0.6) is 5.75 Å². The van der Waals surface area contributed by atoms with E-state index in [1.165, 1.54) is 16.4 Å². The number of nitrogens with one attached hydrogen (secondary N) is 1. The molecule has 0 fully saturated rings. The van der Waals surface area contributed by atoms with Crippen LogP contribution in [0.3, 0.4) is 0 Å². The second kappa shape index (κ2) is 9.28. The van der Waals surface area contributed by atoms with Gasteiger partial charge in [0.25, 0.3) is 5.91 Å². The third-order valence-corrected chi connectivity index (χ3v) is 6.92. The van der Waals surface area contributed by atoms with Gasteiger partial charge in [0.05, 0.1) is 17.2 Å². The number of carbonyl (C=O) groups excluding carboxylic acids is 1. The highest BCUT2D eigenvalue weighted by Crippen LogP contribution is 2.30. The fourth-order valence-electron chi connectivity index (χ4n) is 3.37. The van der Waals surface area contributed by atoms with Crippen LogP contribution in [0.25, 0.3) is 10.8 Å². The first kappa shape index (κ1) is 21.8. The first-order valence-electron chi connectivity index (χ1n) is 9.98. The first-order chi connectivity index (χ1) is 14.4. The van der Waals surface area contributed by atoms with Gasteiger partial charge in [0.15, 0.2) is 0 Å². The molecule has 7 heteroatoms. The Labute approximate surface area is 177 Å². The fourth-order valence-corrected chi connectivity index (χ4v) is 4.86. The van der Waals surface area contributed by atoms with Gasteiger partial charge in [0, 0.05) is 18.7 Å². The van der Waals surface area contributed by atoms with Crippen molar-refractivity contribution in [2.45, 2.75) is 25.7 Å². The lowest BCUT2D eigenvalue weighted by atomic mass is 10.0. The van der Waals surface area contributed by atoms with Gasteiger partial charge in [-0.05, 0) is 42.0 Å². The number of fused-ring (bicyclic) bond motifs is 1. The molecular formula is C23H26N2O4S. The highest BCUT2D eigenvalue weighted by atomic mass is 32.2. The number of sulfonamides is 1. The molecular weight excluding hydrogens is 400 g/mol. The lowest BCUT2D eigenvalue weighted by Crippen LogP contribution is -2.30. The van der Waals surface area contributed by atoms with Crippen molar-refractivity contribution in [2.75, 3.05) is 25.0 Å². The Balaban J connectivity index is 2.02. The van der Waals surface area contributed by atoms with Crippen LogP contribution in [-0.2, 0) is 10.0 Å². The lowest BCUT2D eigenvalue weighted by molar-refractivity contribution is 0.102. The Morgan fingerprint density at radius 1 is 0.967 bits per heavy atom. The molecule has 3 aromatic rings. The Morgan fingerprint density at radius 2 is 1.67 bits per heavy atom. The molecule has 0 aliphatic carbocycles. The standard InChI is InChI=1S/C23H26N2O4S/c1-4-25(5-2)30(27,28)18-14-15-22(29-6-3)21(16-18)24-23(26)20-13-9-11-17-10-7-8-12-19(17)20/h7-16H,4-6H2,1-3H3,(H,24,26). The van der Waals surface area contributed by atoms with E-state index in [2.05, 4.69) is 5.32 Å².